The van der Waals surface area contributed by atoms with E-state index in [9.17, 15) is 13.2 Å². The summed E-state index contributed by atoms with van der Waals surface area (Å²) in [6.45, 7) is 0. The van der Waals surface area contributed by atoms with Gasteiger partial charge in [-0.2, -0.15) is 0 Å². The summed E-state index contributed by atoms with van der Waals surface area (Å²) in [4.78, 5) is 15.7. The quantitative estimate of drug-likeness (QED) is 0.871. The zero-order valence-corrected chi connectivity index (χ0v) is 13.9. The smallest absolute Gasteiger partial charge is 0.305 e. The Morgan fingerprint density at radius 1 is 1.17 bits per heavy atom. The van der Waals surface area contributed by atoms with Gasteiger partial charge in [-0.15, -0.1) is 0 Å². The van der Waals surface area contributed by atoms with Crippen LogP contribution < -0.4 is 4.72 Å². The van der Waals surface area contributed by atoms with Crippen molar-refractivity contribution in [1.29, 1.82) is 0 Å². The van der Waals surface area contributed by atoms with Crippen molar-refractivity contribution in [1.82, 2.24) is 4.72 Å². The number of carboxylic acid groups (broad SMARTS) is 1. The lowest BCUT2D eigenvalue weighted by Crippen LogP contribution is -2.23. The number of halogens is 1. The first-order valence-corrected chi connectivity index (χ1v) is 8.90. The van der Waals surface area contributed by atoms with E-state index in [0.29, 0.717) is 16.1 Å². The summed E-state index contributed by atoms with van der Waals surface area (Å²) in [5.41, 5.74) is 1.07. The van der Waals surface area contributed by atoms with Crippen LogP contribution >= 0.6 is 11.6 Å². The summed E-state index contributed by atoms with van der Waals surface area (Å²) >= 11 is 5.85. The van der Waals surface area contributed by atoms with Gasteiger partial charge in [0.05, 0.1) is 17.4 Å². The van der Waals surface area contributed by atoms with Crippen LogP contribution in [0.4, 0.5) is 0 Å². The van der Waals surface area contributed by atoms with Gasteiger partial charge in [-0.25, -0.2) is 8.42 Å². The molecule has 0 aromatic heterocycles. The Bertz CT molecular complexity index is 923. The first-order valence-electron chi connectivity index (χ1n) is 7.04. The monoisotopic (exact) mass is 364 g/mol. The van der Waals surface area contributed by atoms with Crippen molar-refractivity contribution >= 4 is 33.4 Å². The standard InChI is InChI=1S/C16H13ClN2O4S/c17-11-7-5-10(6-8-11)13(9-15(20)21)18-16-12-3-1-2-4-14(12)24(22,23)19-16/h1-8,13H,9H2,(H,18,19)(H,20,21). The number of rotatable bonds is 4. The minimum atomic E-state index is -3.67. The lowest BCUT2D eigenvalue weighted by molar-refractivity contribution is -0.137. The molecule has 124 valence electrons. The Balaban J connectivity index is 2.06. The molecule has 0 spiro atoms. The molecule has 8 heteroatoms. The number of hydrogen-bond acceptors (Lipinski definition) is 4. The van der Waals surface area contributed by atoms with Crippen LogP contribution in [0.15, 0.2) is 58.4 Å². The van der Waals surface area contributed by atoms with Gasteiger partial charge in [-0.3, -0.25) is 14.5 Å². The molecule has 1 heterocycles. The second kappa shape index (κ2) is 6.26. The van der Waals surface area contributed by atoms with Gasteiger partial charge < -0.3 is 5.11 Å². The number of hydrogen-bond donors (Lipinski definition) is 2. The molecule has 2 aromatic carbocycles. The van der Waals surface area contributed by atoms with Gasteiger partial charge in [0, 0.05) is 10.6 Å². The predicted molar refractivity (Wildman–Crippen MR) is 89.7 cm³/mol. The molecule has 0 bridgehead atoms. The molecule has 24 heavy (non-hydrogen) atoms. The highest BCUT2D eigenvalue weighted by atomic mass is 35.5. The fraction of sp³-hybridized carbons (Fsp3) is 0.125. The summed E-state index contributed by atoms with van der Waals surface area (Å²) in [6, 6.07) is 12.3. The molecule has 0 aliphatic carbocycles. The molecular weight excluding hydrogens is 352 g/mol. The molecule has 1 aliphatic heterocycles. The first-order chi connectivity index (χ1) is 11.4. The van der Waals surface area contributed by atoms with Crippen LogP contribution in [0.2, 0.25) is 5.02 Å². The summed E-state index contributed by atoms with van der Waals surface area (Å²) < 4.78 is 26.6. The lowest BCUT2D eigenvalue weighted by atomic mass is 10.0. The van der Waals surface area contributed by atoms with Gasteiger partial charge in [0.1, 0.15) is 5.84 Å². The van der Waals surface area contributed by atoms with Crippen LogP contribution in [0.25, 0.3) is 0 Å². The van der Waals surface area contributed by atoms with E-state index < -0.39 is 22.0 Å². The van der Waals surface area contributed by atoms with Crippen LogP contribution in [0.3, 0.4) is 0 Å². The number of aliphatic imine (C=N–C) groups is 1. The molecule has 3 rings (SSSR count). The van der Waals surface area contributed by atoms with Gasteiger partial charge in [0.25, 0.3) is 10.0 Å². The molecule has 2 aromatic rings. The number of fused-ring (bicyclic) bond motifs is 1. The molecule has 0 radical (unpaired) electrons. The maximum Gasteiger partial charge on any atom is 0.305 e. The van der Waals surface area contributed by atoms with E-state index in [1.54, 1.807) is 42.5 Å². The lowest BCUT2D eigenvalue weighted by Gasteiger charge is -2.12. The molecule has 2 N–H and O–H groups in total. The molecule has 0 saturated heterocycles. The van der Waals surface area contributed by atoms with E-state index in [1.165, 1.54) is 6.07 Å². The third-order valence-corrected chi connectivity index (χ3v) is 5.22. The molecule has 1 atom stereocenters. The SMILES string of the molecule is O=C(O)CC(N=C1NS(=O)(=O)c2ccccc21)c1ccc(Cl)cc1. The summed E-state index contributed by atoms with van der Waals surface area (Å²) in [5.74, 6) is -0.889. The third kappa shape index (κ3) is 3.27. The normalized spacial score (nSPS) is 18.0. The Morgan fingerprint density at radius 3 is 2.50 bits per heavy atom. The average Bonchev–Trinajstić information content (AvgIpc) is 2.78. The number of amidine groups is 1. The van der Waals surface area contributed by atoms with E-state index in [4.69, 9.17) is 16.7 Å². The van der Waals surface area contributed by atoms with Crippen molar-refractivity contribution in [2.24, 2.45) is 4.99 Å². The predicted octanol–water partition coefficient (Wildman–Crippen LogP) is 2.59. The molecule has 0 fully saturated rings. The number of carbonyl (C=O) groups is 1. The Kier molecular flexibility index (Phi) is 4.29. The van der Waals surface area contributed by atoms with Gasteiger partial charge in [0.2, 0.25) is 0 Å². The van der Waals surface area contributed by atoms with Crippen LogP contribution in [0.5, 0.6) is 0 Å². The van der Waals surface area contributed by atoms with E-state index in [0.717, 1.165) is 0 Å². The van der Waals surface area contributed by atoms with E-state index in [2.05, 4.69) is 9.71 Å². The second-order valence-electron chi connectivity index (χ2n) is 5.24. The maximum absolute atomic E-state index is 12.1. The maximum atomic E-state index is 12.1. The van der Waals surface area contributed by atoms with Crippen molar-refractivity contribution in [2.45, 2.75) is 17.4 Å². The van der Waals surface area contributed by atoms with E-state index >= 15 is 0 Å². The number of nitrogens with one attached hydrogen (secondary N) is 1. The van der Waals surface area contributed by atoms with Crippen LogP contribution in [0, 0.1) is 0 Å². The van der Waals surface area contributed by atoms with Crippen molar-refractivity contribution in [3.05, 3.63) is 64.7 Å². The van der Waals surface area contributed by atoms with Crippen molar-refractivity contribution in [3.8, 4) is 0 Å². The Morgan fingerprint density at radius 2 is 1.83 bits per heavy atom. The number of benzene rings is 2. The second-order valence-corrected chi connectivity index (χ2v) is 7.33. The fourth-order valence-electron chi connectivity index (χ4n) is 2.47. The summed E-state index contributed by atoms with van der Waals surface area (Å²) in [7, 11) is -3.67. The van der Waals surface area contributed by atoms with Gasteiger partial charge in [-0.1, -0.05) is 35.9 Å². The summed E-state index contributed by atoms with van der Waals surface area (Å²) in [6.07, 6.45) is -0.269. The number of aliphatic carboxylic acids is 1. The van der Waals surface area contributed by atoms with Crippen molar-refractivity contribution in [2.75, 3.05) is 0 Å². The van der Waals surface area contributed by atoms with Crippen molar-refractivity contribution in [3.63, 3.8) is 0 Å². The highest BCUT2D eigenvalue weighted by Crippen LogP contribution is 2.28. The van der Waals surface area contributed by atoms with Crippen LogP contribution in [0.1, 0.15) is 23.6 Å². The third-order valence-electron chi connectivity index (χ3n) is 3.57. The Hall–Kier alpha value is -2.38. The molecule has 1 aliphatic rings. The molecule has 1 unspecified atom stereocenters. The van der Waals surface area contributed by atoms with E-state index in [-0.39, 0.29) is 17.2 Å². The number of carboxylic acids is 1. The highest BCUT2D eigenvalue weighted by Gasteiger charge is 2.31. The van der Waals surface area contributed by atoms with Crippen LogP contribution in [-0.2, 0) is 14.8 Å². The van der Waals surface area contributed by atoms with Gasteiger partial charge >= 0.3 is 5.97 Å². The topological polar surface area (TPSA) is 95.8 Å². The van der Waals surface area contributed by atoms with Crippen LogP contribution in [-0.4, -0.2) is 25.3 Å². The summed E-state index contributed by atoms with van der Waals surface area (Å²) in [5, 5.41) is 9.66. The Labute approximate surface area is 143 Å². The minimum Gasteiger partial charge on any atom is -0.481 e. The molecule has 0 saturated carbocycles. The number of sulfonamides is 1. The van der Waals surface area contributed by atoms with Gasteiger partial charge in [-0.05, 0) is 29.8 Å². The van der Waals surface area contributed by atoms with Gasteiger partial charge in [0.15, 0.2) is 0 Å². The largest absolute Gasteiger partial charge is 0.481 e. The molecule has 0 amide bonds. The zero-order valence-electron chi connectivity index (χ0n) is 12.3. The zero-order chi connectivity index (χ0) is 17.3. The fourth-order valence-corrected chi connectivity index (χ4v) is 3.84. The number of nitrogens with zero attached hydrogens (tertiary/aromatic N) is 1. The first kappa shape index (κ1) is 16.5. The molecular formula is C16H13ClN2O4S. The van der Waals surface area contributed by atoms with Crippen molar-refractivity contribution < 1.29 is 18.3 Å². The van der Waals surface area contributed by atoms with E-state index in [1.807, 2.05) is 0 Å². The molecule has 6 nitrogen and oxygen atoms in total. The average molecular weight is 365 g/mol. The minimum absolute atomic E-state index is 0.133. The highest BCUT2D eigenvalue weighted by molar-refractivity contribution is 7.90.